The van der Waals surface area contributed by atoms with Gasteiger partial charge in [0.1, 0.15) is 5.92 Å². The van der Waals surface area contributed by atoms with Crippen LogP contribution in [0, 0.1) is 0 Å². The first-order valence-corrected chi connectivity index (χ1v) is 5.63. The molecule has 0 bridgehead atoms. The minimum Gasteiger partial charge on any atom is -0.290 e. The van der Waals surface area contributed by atoms with Crippen LogP contribution in [-0.2, 0) is 9.59 Å². The maximum Gasteiger partial charge on any atom is 0.332 e. The standard InChI is InChI=1S/C13H12N2O4/c1-14-11(17)10(12(18)15(2)13(14)19)8-6-4-3-5-7-9(8)16/h3-7,10H,1-2H3. The topological polar surface area (TPSA) is 74.8 Å². The molecule has 19 heavy (non-hydrogen) atoms. The van der Waals surface area contributed by atoms with Crippen molar-refractivity contribution in [3.63, 3.8) is 0 Å². The van der Waals surface area contributed by atoms with Crippen LogP contribution in [0.1, 0.15) is 11.5 Å². The average Bonchev–Trinajstić information content (AvgIpc) is 2.60. The minimum absolute atomic E-state index is 0.0752. The van der Waals surface area contributed by atoms with Crippen LogP contribution in [0.5, 0.6) is 0 Å². The highest BCUT2D eigenvalue weighted by Gasteiger charge is 2.43. The molecule has 0 saturated carbocycles. The fourth-order valence-corrected chi connectivity index (χ4v) is 1.96. The summed E-state index contributed by atoms with van der Waals surface area (Å²) in [4.78, 5) is 49.3. The number of nitrogens with zero attached hydrogens (tertiary/aromatic N) is 2. The molecule has 0 spiro atoms. The fourth-order valence-electron chi connectivity index (χ4n) is 1.96. The molecule has 1 aromatic carbocycles. The third-order valence-electron chi connectivity index (χ3n) is 3.07. The number of hydrogen-bond donors (Lipinski definition) is 0. The van der Waals surface area contributed by atoms with Gasteiger partial charge in [-0.3, -0.25) is 24.2 Å². The second-order valence-electron chi connectivity index (χ2n) is 4.24. The Hall–Kier alpha value is -2.50. The number of barbiturate groups is 1. The number of amides is 4. The summed E-state index contributed by atoms with van der Waals surface area (Å²) in [5, 5.41) is 0. The molecular formula is C13H12N2O4. The number of hydrogen-bond acceptors (Lipinski definition) is 4. The highest BCUT2D eigenvalue weighted by Crippen LogP contribution is 2.22. The van der Waals surface area contributed by atoms with Crippen molar-refractivity contribution in [1.82, 2.24) is 9.80 Å². The number of carbonyl (C=O) groups is 3. The molecular weight excluding hydrogens is 248 g/mol. The quantitative estimate of drug-likeness (QED) is 0.675. The lowest BCUT2D eigenvalue weighted by atomic mass is 9.95. The van der Waals surface area contributed by atoms with E-state index in [-0.39, 0.29) is 5.56 Å². The highest BCUT2D eigenvalue weighted by atomic mass is 16.2. The molecule has 0 aromatic heterocycles. The predicted octanol–water partition coefficient (Wildman–Crippen LogP) is 0.181. The fraction of sp³-hybridized carbons (Fsp3) is 0.231. The monoisotopic (exact) mass is 260 g/mol. The SMILES string of the molecule is CN1C(=O)C(c2cccccc2=O)C(=O)N(C)C1=O. The summed E-state index contributed by atoms with van der Waals surface area (Å²) < 4.78 is 0. The number of urea groups is 1. The van der Waals surface area contributed by atoms with E-state index < -0.39 is 29.2 Å². The van der Waals surface area contributed by atoms with Gasteiger partial charge < -0.3 is 0 Å². The number of carbonyl (C=O) groups excluding carboxylic acids is 3. The van der Waals surface area contributed by atoms with Gasteiger partial charge in [0.15, 0.2) is 5.43 Å². The third-order valence-corrected chi connectivity index (χ3v) is 3.07. The molecule has 0 unspecified atom stereocenters. The van der Waals surface area contributed by atoms with Gasteiger partial charge in [-0.15, -0.1) is 0 Å². The van der Waals surface area contributed by atoms with Gasteiger partial charge in [-0.25, -0.2) is 4.79 Å². The van der Waals surface area contributed by atoms with Crippen LogP contribution in [0.2, 0.25) is 0 Å². The molecule has 98 valence electrons. The lowest BCUT2D eigenvalue weighted by Crippen LogP contribution is -2.56. The minimum atomic E-state index is -1.26. The van der Waals surface area contributed by atoms with E-state index in [1.165, 1.54) is 32.3 Å². The lowest BCUT2D eigenvalue weighted by Gasteiger charge is -2.32. The molecule has 1 aliphatic rings. The highest BCUT2D eigenvalue weighted by molar-refractivity contribution is 6.18. The summed E-state index contributed by atoms with van der Waals surface area (Å²) >= 11 is 0. The van der Waals surface area contributed by atoms with E-state index in [4.69, 9.17) is 0 Å². The van der Waals surface area contributed by atoms with Crippen molar-refractivity contribution in [1.29, 1.82) is 0 Å². The van der Waals surface area contributed by atoms with Crippen molar-refractivity contribution in [2.75, 3.05) is 14.1 Å². The second-order valence-corrected chi connectivity index (χ2v) is 4.24. The zero-order valence-corrected chi connectivity index (χ0v) is 10.5. The van der Waals surface area contributed by atoms with Crippen LogP contribution in [-0.4, -0.2) is 41.7 Å². The molecule has 0 radical (unpaired) electrons. The lowest BCUT2D eigenvalue weighted by molar-refractivity contribution is -0.143. The van der Waals surface area contributed by atoms with Gasteiger partial charge in [-0.2, -0.15) is 0 Å². The van der Waals surface area contributed by atoms with Crippen LogP contribution < -0.4 is 5.43 Å². The summed E-state index contributed by atoms with van der Waals surface area (Å²) in [6.07, 6.45) is 0. The molecule has 1 aliphatic heterocycles. The molecule has 6 nitrogen and oxygen atoms in total. The first kappa shape index (κ1) is 12.9. The van der Waals surface area contributed by atoms with Crippen molar-refractivity contribution >= 4 is 17.8 Å². The molecule has 1 aromatic rings. The molecule has 0 aliphatic carbocycles. The van der Waals surface area contributed by atoms with Crippen molar-refractivity contribution in [3.8, 4) is 0 Å². The molecule has 2 rings (SSSR count). The van der Waals surface area contributed by atoms with Gasteiger partial charge in [-0.05, 0) is 6.07 Å². The van der Waals surface area contributed by atoms with Gasteiger partial charge in [0, 0.05) is 19.7 Å². The summed E-state index contributed by atoms with van der Waals surface area (Å²) in [7, 11) is 2.57. The Bertz CT molecular complexity index is 602. The molecule has 1 saturated heterocycles. The molecule has 4 amide bonds. The molecule has 6 heteroatoms. The van der Waals surface area contributed by atoms with E-state index >= 15 is 0 Å². The van der Waals surface area contributed by atoms with Crippen LogP contribution in [0.25, 0.3) is 0 Å². The normalized spacial score (nSPS) is 17.1. The maximum absolute atomic E-state index is 12.1. The Labute approximate surface area is 109 Å². The van der Waals surface area contributed by atoms with Gasteiger partial charge in [0.2, 0.25) is 11.8 Å². The van der Waals surface area contributed by atoms with Crippen molar-refractivity contribution in [2.24, 2.45) is 0 Å². The van der Waals surface area contributed by atoms with E-state index in [1.807, 2.05) is 0 Å². The van der Waals surface area contributed by atoms with Crippen LogP contribution >= 0.6 is 0 Å². The van der Waals surface area contributed by atoms with Gasteiger partial charge in [0.05, 0.1) is 0 Å². The van der Waals surface area contributed by atoms with Crippen LogP contribution in [0.15, 0.2) is 35.1 Å². The van der Waals surface area contributed by atoms with E-state index in [1.54, 1.807) is 12.1 Å². The first-order valence-electron chi connectivity index (χ1n) is 5.63. The van der Waals surface area contributed by atoms with Gasteiger partial charge in [-0.1, -0.05) is 24.3 Å². The second kappa shape index (κ2) is 4.64. The van der Waals surface area contributed by atoms with Crippen LogP contribution in [0.3, 0.4) is 0 Å². The first-order chi connectivity index (χ1) is 8.95. The zero-order valence-electron chi connectivity index (χ0n) is 10.5. The summed E-state index contributed by atoms with van der Waals surface area (Å²) in [5.74, 6) is -2.62. The number of likely N-dealkylation sites (N-methyl/N-ethyl adjacent to an activating group) is 2. The zero-order chi connectivity index (χ0) is 14.2. The van der Waals surface area contributed by atoms with Crippen molar-refractivity contribution in [2.45, 2.75) is 5.92 Å². The largest absolute Gasteiger partial charge is 0.332 e. The molecule has 0 N–H and O–H groups in total. The Morgan fingerprint density at radius 2 is 1.37 bits per heavy atom. The number of imide groups is 2. The van der Waals surface area contributed by atoms with Gasteiger partial charge in [0.25, 0.3) is 0 Å². The smallest absolute Gasteiger partial charge is 0.290 e. The Kier molecular flexibility index (Phi) is 3.16. The maximum atomic E-state index is 12.1. The summed E-state index contributed by atoms with van der Waals surface area (Å²) in [5.41, 5.74) is -0.334. The van der Waals surface area contributed by atoms with E-state index in [0.717, 1.165) is 9.80 Å². The average molecular weight is 260 g/mol. The summed E-state index contributed by atoms with van der Waals surface area (Å²) in [6.45, 7) is 0. The summed E-state index contributed by atoms with van der Waals surface area (Å²) in [6, 6.07) is 6.75. The number of rotatable bonds is 1. The molecule has 0 atom stereocenters. The predicted molar refractivity (Wildman–Crippen MR) is 66.4 cm³/mol. The van der Waals surface area contributed by atoms with Crippen molar-refractivity contribution < 1.29 is 14.4 Å². The van der Waals surface area contributed by atoms with Crippen molar-refractivity contribution in [3.05, 3.63) is 46.1 Å². The Morgan fingerprint density at radius 3 is 1.95 bits per heavy atom. The van der Waals surface area contributed by atoms with Gasteiger partial charge >= 0.3 is 6.03 Å². The van der Waals surface area contributed by atoms with E-state index in [0.29, 0.717) is 0 Å². The van der Waals surface area contributed by atoms with E-state index in [9.17, 15) is 19.2 Å². The van der Waals surface area contributed by atoms with E-state index in [2.05, 4.69) is 0 Å². The third kappa shape index (κ3) is 2.01. The van der Waals surface area contributed by atoms with Crippen LogP contribution in [0.4, 0.5) is 4.79 Å². The molecule has 1 fully saturated rings. The Balaban J connectivity index is 2.58. The Morgan fingerprint density at radius 1 is 0.842 bits per heavy atom. The molecule has 1 heterocycles.